The molecule has 0 saturated carbocycles. The lowest BCUT2D eigenvalue weighted by atomic mass is 9.84. The highest BCUT2D eigenvalue weighted by atomic mass is 16.3. The largest absolute Gasteiger partial charge is 0.459 e. The average Bonchev–Trinajstić information content (AvgIpc) is 3.06. The van der Waals surface area contributed by atoms with Crippen LogP contribution in [0.1, 0.15) is 30.0 Å². The summed E-state index contributed by atoms with van der Waals surface area (Å²) in [5, 5.41) is 5.52. The number of carbonyl (C=O) groups is 2. The lowest BCUT2D eigenvalue weighted by Crippen LogP contribution is -2.43. The molecule has 0 aliphatic carbocycles. The molecule has 0 spiro atoms. The summed E-state index contributed by atoms with van der Waals surface area (Å²) in [6.45, 7) is 4.45. The monoisotopic (exact) mass is 300 g/mol. The van der Waals surface area contributed by atoms with Crippen LogP contribution in [-0.4, -0.2) is 24.9 Å². The smallest absolute Gasteiger partial charge is 0.287 e. The van der Waals surface area contributed by atoms with E-state index in [1.807, 2.05) is 44.2 Å². The van der Waals surface area contributed by atoms with E-state index in [4.69, 9.17) is 4.42 Å². The summed E-state index contributed by atoms with van der Waals surface area (Å²) < 4.78 is 4.99. The minimum atomic E-state index is -0.619. The summed E-state index contributed by atoms with van der Waals surface area (Å²) in [5.41, 5.74) is 0.332. The van der Waals surface area contributed by atoms with Crippen molar-refractivity contribution in [1.29, 1.82) is 0 Å². The molecular weight excluding hydrogens is 280 g/mol. The Labute approximate surface area is 129 Å². The maximum Gasteiger partial charge on any atom is 0.287 e. The van der Waals surface area contributed by atoms with Crippen LogP contribution in [0.4, 0.5) is 0 Å². The van der Waals surface area contributed by atoms with Crippen molar-refractivity contribution < 1.29 is 14.0 Å². The van der Waals surface area contributed by atoms with Gasteiger partial charge < -0.3 is 15.1 Å². The van der Waals surface area contributed by atoms with Crippen molar-refractivity contribution >= 4 is 11.8 Å². The maximum atomic E-state index is 12.3. The predicted molar refractivity (Wildman–Crippen MR) is 83.5 cm³/mol. The minimum absolute atomic E-state index is 0.0778. The topological polar surface area (TPSA) is 71.3 Å². The zero-order valence-corrected chi connectivity index (χ0v) is 12.8. The third-order valence-electron chi connectivity index (χ3n) is 3.50. The highest BCUT2D eigenvalue weighted by Crippen LogP contribution is 2.22. The molecule has 2 amide bonds. The second-order valence-corrected chi connectivity index (χ2v) is 5.48. The predicted octanol–water partition coefficient (Wildman–Crippen LogP) is 2.10. The molecule has 0 unspecified atom stereocenters. The van der Waals surface area contributed by atoms with Crippen LogP contribution < -0.4 is 10.6 Å². The lowest BCUT2D eigenvalue weighted by molar-refractivity contribution is -0.125. The Morgan fingerprint density at radius 2 is 1.68 bits per heavy atom. The van der Waals surface area contributed by atoms with Gasteiger partial charge in [0, 0.05) is 13.1 Å². The summed E-state index contributed by atoms with van der Waals surface area (Å²) in [7, 11) is 0. The summed E-state index contributed by atoms with van der Waals surface area (Å²) in [4.78, 5) is 23.9. The van der Waals surface area contributed by atoms with Crippen molar-refractivity contribution in [2.24, 2.45) is 0 Å². The van der Waals surface area contributed by atoms with Crippen molar-refractivity contribution in [2.75, 3.05) is 13.1 Å². The molecular formula is C17H20N2O3. The maximum absolute atomic E-state index is 12.3. The van der Waals surface area contributed by atoms with Crippen molar-refractivity contribution in [3.63, 3.8) is 0 Å². The van der Waals surface area contributed by atoms with E-state index in [9.17, 15) is 9.59 Å². The Morgan fingerprint density at radius 3 is 2.32 bits per heavy atom. The summed E-state index contributed by atoms with van der Waals surface area (Å²) >= 11 is 0. The van der Waals surface area contributed by atoms with E-state index in [-0.39, 0.29) is 17.6 Å². The van der Waals surface area contributed by atoms with E-state index in [0.717, 1.165) is 5.56 Å². The number of hydrogen-bond acceptors (Lipinski definition) is 3. The van der Waals surface area contributed by atoms with Crippen LogP contribution in [-0.2, 0) is 10.2 Å². The fourth-order valence-corrected chi connectivity index (χ4v) is 2.05. The first-order valence-corrected chi connectivity index (χ1v) is 7.17. The minimum Gasteiger partial charge on any atom is -0.459 e. The molecule has 0 aliphatic heterocycles. The van der Waals surface area contributed by atoms with E-state index in [2.05, 4.69) is 10.6 Å². The van der Waals surface area contributed by atoms with Gasteiger partial charge in [-0.1, -0.05) is 30.3 Å². The third kappa shape index (κ3) is 3.75. The molecule has 5 nitrogen and oxygen atoms in total. The van der Waals surface area contributed by atoms with Gasteiger partial charge in [-0.2, -0.15) is 0 Å². The second kappa shape index (κ2) is 6.93. The van der Waals surface area contributed by atoms with E-state index in [1.165, 1.54) is 6.26 Å². The molecule has 0 fully saturated rings. The number of benzene rings is 1. The Hall–Kier alpha value is -2.56. The highest BCUT2D eigenvalue weighted by Gasteiger charge is 2.29. The van der Waals surface area contributed by atoms with Gasteiger partial charge in [0.15, 0.2) is 5.76 Å². The van der Waals surface area contributed by atoms with Crippen molar-refractivity contribution in [1.82, 2.24) is 10.6 Å². The number of rotatable bonds is 6. The SMILES string of the molecule is CC(C)(C(=O)NCCNC(=O)c1ccco1)c1ccccc1. The van der Waals surface area contributed by atoms with Crippen LogP contribution in [0.3, 0.4) is 0 Å². The number of furan rings is 1. The quantitative estimate of drug-likeness (QED) is 0.803. The Morgan fingerprint density at radius 1 is 1.00 bits per heavy atom. The molecule has 0 bridgehead atoms. The second-order valence-electron chi connectivity index (χ2n) is 5.48. The van der Waals surface area contributed by atoms with Crippen molar-refractivity contribution in [2.45, 2.75) is 19.3 Å². The molecule has 22 heavy (non-hydrogen) atoms. The first kappa shape index (κ1) is 15.8. The molecule has 0 radical (unpaired) electrons. The highest BCUT2D eigenvalue weighted by molar-refractivity contribution is 5.91. The molecule has 1 heterocycles. The van der Waals surface area contributed by atoms with Crippen LogP contribution in [0, 0.1) is 0 Å². The molecule has 5 heteroatoms. The summed E-state index contributed by atoms with van der Waals surface area (Å²) in [6.07, 6.45) is 1.44. The number of carbonyl (C=O) groups excluding carboxylic acids is 2. The normalized spacial score (nSPS) is 11.0. The number of nitrogens with one attached hydrogen (secondary N) is 2. The van der Waals surface area contributed by atoms with Crippen LogP contribution in [0.15, 0.2) is 53.1 Å². The van der Waals surface area contributed by atoms with Gasteiger partial charge in [0.2, 0.25) is 5.91 Å². The standard InChI is InChI=1S/C17H20N2O3/c1-17(2,13-7-4-3-5-8-13)16(21)19-11-10-18-15(20)14-9-6-12-22-14/h3-9,12H,10-11H2,1-2H3,(H,18,20)(H,19,21). The van der Waals surface area contributed by atoms with Gasteiger partial charge in [0.05, 0.1) is 11.7 Å². The number of amides is 2. The van der Waals surface area contributed by atoms with Crippen LogP contribution in [0.25, 0.3) is 0 Å². The Balaban J connectivity index is 1.79. The fourth-order valence-electron chi connectivity index (χ4n) is 2.05. The van der Waals surface area contributed by atoms with E-state index >= 15 is 0 Å². The first-order valence-electron chi connectivity index (χ1n) is 7.17. The van der Waals surface area contributed by atoms with Gasteiger partial charge in [-0.05, 0) is 31.5 Å². The van der Waals surface area contributed by atoms with E-state index < -0.39 is 5.41 Å². The van der Waals surface area contributed by atoms with Crippen LogP contribution >= 0.6 is 0 Å². The summed E-state index contributed by atoms with van der Waals surface area (Å²) in [5.74, 6) is -0.108. The molecule has 0 aliphatic rings. The van der Waals surface area contributed by atoms with Gasteiger partial charge >= 0.3 is 0 Å². The lowest BCUT2D eigenvalue weighted by Gasteiger charge is -2.24. The van der Waals surface area contributed by atoms with Gasteiger partial charge in [-0.3, -0.25) is 9.59 Å². The Bertz CT molecular complexity index is 619. The molecule has 1 aromatic heterocycles. The van der Waals surface area contributed by atoms with Gasteiger partial charge in [-0.25, -0.2) is 0 Å². The molecule has 0 atom stereocenters. The van der Waals surface area contributed by atoms with Crippen molar-refractivity contribution in [3.05, 3.63) is 60.1 Å². The van der Waals surface area contributed by atoms with Crippen LogP contribution in [0.2, 0.25) is 0 Å². The first-order chi connectivity index (χ1) is 10.5. The molecule has 2 rings (SSSR count). The molecule has 0 saturated heterocycles. The zero-order valence-electron chi connectivity index (χ0n) is 12.8. The molecule has 2 N–H and O–H groups in total. The summed E-state index contributed by atoms with van der Waals surface area (Å²) in [6, 6.07) is 12.8. The molecule has 2 aromatic rings. The van der Waals surface area contributed by atoms with Gasteiger partial charge in [0.25, 0.3) is 5.91 Å². The third-order valence-corrected chi connectivity index (χ3v) is 3.50. The zero-order chi connectivity index (χ0) is 16.0. The number of hydrogen-bond donors (Lipinski definition) is 2. The van der Waals surface area contributed by atoms with Gasteiger partial charge in [-0.15, -0.1) is 0 Å². The van der Waals surface area contributed by atoms with Gasteiger partial charge in [0.1, 0.15) is 0 Å². The average molecular weight is 300 g/mol. The van der Waals surface area contributed by atoms with E-state index in [0.29, 0.717) is 13.1 Å². The van der Waals surface area contributed by atoms with Crippen molar-refractivity contribution in [3.8, 4) is 0 Å². The fraction of sp³-hybridized carbons (Fsp3) is 0.294. The molecule has 116 valence electrons. The Kier molecular flexibility index (Phi) is 4.99. The molecule has 1 aromatic carbocycles. The van der Waals surface area contributed by atoms with E-state index in [1.54, 1.807) is 12.1 Å². The van der Waals surface area contributed by atoms with Crippen LogP contribution in [0.5, 0.6) is 0 Å².